The van der Waals surface area contributed by atoms with Gasteiger partial charge in [-0.15, -0.1) is 0 Å². The zero-order valence-corrected chi connectivity index (χ0v) is 11.6. The lowest BCUT2D eigenvalue weighted by molar-refractivity contribution is 0.462. The fraction of sp³-hybridized carbons (Fsp3) is 0.500. The third-order valence-corrected chi connectivity index (χ3v) is 4.16. The molecule has 0 aromatic heterocycles. The minimum Gasteiger partial charge on any atom is -0.335 e. The predicted octanol–water partition coefficient (Wildman–Crippen LogP) is 3.51. The number of hydrogen-bond acceptors (Lipinski definition) is 3. The Kier molecular flexibility index (Phi) is 4.30. The van der Waals surface area contributed by atoms with E-state index in [1.54, 1.807) is 0 Å². The molecule has 0 bridgehead atoms. The summed E-state index contributed by atoms with van der Waals surface area (Å²) >= 11 is 1.50. The van der Waals surface area contributed by atoms with Gasteiger partial charge in [-0.2, -0.15) is 0 Å². The van der Waals surface area contributed by atoms with Crippen LogP contribution in [0.25, 0.3) is 0 Å². The molecule has 18 heavy (non-hydrogen) atoms. The summed E-state index contributed by atoms with van der Waals surface area (Å²) in [5.41, 5.74) is 8.46. The fourth-order valence-corrected chi connectivity index (χ4v) is 2.99. The summed E-state index contributed by atoms with van der Waals surface area (Å²) < 4.78 is 0. The summed E-state index contributed by atoms with van der Waals surface area (Å²) in [6.07, 6.45) is 4.57. The van der Waals surface area contributed by atoms with Gasteiger partial charge in [-0.05, 0) is 36.3 Å². The first-order chi connectivity index (χ1) is 8.64. The first kappa shape index (κ1) is 13.4. The maximum atomic E-state index is 7.78. The van der Waals surface area contributed by atoms with Crippen LogP contribution >= 0.6 is 11.8 Å². The molecule has 0 amide bonds. The Morgan fingerprint density at radius 1 is 1.44 bits per heavy atom. The first-order valence-corrected chi connectivity index (χ1v) is 7.50. The van der Waals surface area contributed by atoms with Crippen molar-refractivity contribution in [1.82, 2.24) is 0 Å². The number of hydrogen-bond donors (Lipinski definition) is 3. The van der Waals surface area contributed by atoms with Gasteiger partial charge in [0.25, 0.3) is 0 Å². The summed E-state index contributed by atoms with van der Waals surface area (Å²) in [6.45, 7) is 2.05. The predicted molar refractivity (Wildman–Crippen MR) is 80.3 cm³/mol. The average molecular weight is 263 g/mol. The molecule has 1 saturated carbocycles. The van der Waals surface area contributed by atoms with Gasteiger partial charge in [0, 0.05) is 11.2 Å². The molecule has 1 fully saturated rings. The van der Waals surface area contributed by atoms with Crippen molar-refractivity contribution >= 4 is 22.6 Å². The standard InChI is InChI=1S/C14H21N3S/c1-2-18-13(15)17-12-7-5-6-11(10-12)14(16)8-3-4-9-14/h5-7,10H,2-4,8-9,16H2,1H3,(H2,15,17). The van der Waals surface area contributed by atoms with E-state index in [2.05, 4.69) is 17.4 Å². The largest absolute Gasteiger partial charge is 0.335 e. The van der Waals surface area contributed by atoms with Crippen LogP contribution in [0.4, 0.5) is 5.69 Å². The number of nitrogens with one attached hydrogen (secondary N) is 2. The Hall–Kier alpha value is -1.00. The molecular formula is C14H21N3S. The molecule has 0 heterocycles. The Morgan fingerprint density at radius 3 is 2.83 bits per heavy atom. The lowest BCUT2D eigenvalue weighted by atomic mass is 9.89. The highest BCUT2D eigenvalue weighted by atomic mass is 32.2. The molecule has 0 aliphatic heterocycles. The number of rotatable bonds is 3. The second-order valence-electron chi connectivity index (χ2n) is 4.83. The van der Waals surface area contributed by atoms with E-state index in [-0.39, 0.29) is 5.54 Å². The lowest BCUT2D eigenvalue weighted by Gasteiger charge is -2.24. The van der Waals surface area contributed by atoms with Crippen molar-refractivity contribution in [2.24, 2.45) is 5.73 Å². The Bertz CT molecular complexity index is 425. The smallest absolute Gasteiger partial charge is 0.158 e. The molecule has 0 radical (unpaired) electrons. The van der Waals surface area contributed by atoms with E-state index in [4.69, 9.17) is 11.1 Å². The normalized spacial score (nSPS) is 17.7. The first-order valence-electron chi connectivity index (χ1n) is 6.52. The molecule has 4 N–H and O–H groups in total. The van der Waals surface area contributed by atoms with Crippen molar-refractivity contribution in [3.05, 3.63) is 29.8 Å². The van der Waals surface area contributed by atoms with Gasteiger partial charge in [0.1, 0.15) is 0 Å². The minimum absolute atomic E-state index is 0.155. The molecule has 1 aromatic rings. The fourth-order valence-electron chi connectivity index (χ4n) is 2.51. The third kappa shape index (κ3) is 3.06. The molecule has 0 saturated heterocycles. The molecule has 98 valence electrons. The number of nitrogens with two attached hydrogens (primary N) is 1. The van der Waals surface area contributed by atoms with Crippen molar-refractivity contribution in [3.8, 4) is 0 Å². The Labute approximate surface area is 113 Å². The van der Waals surface area contributed by atoms with Gasteiger partial charge in [-0.1, -0.05) is 43.7 Å². The zero-order valence-electron chi connectivity index (χ0n) is 10.8. The van der Waals surface area contributed by atoms with Crippen LogP contribution in [0.3, 0.4) is 0 Å². The summed E-state index contributed by atoms with van der Waals surface area (Å²) in [6, 6.07) is 8.21. The quantitative estimate of drug-likeness (QED) is 0.577. The van der Waals surface area contributed by atoms with Crippen LogP contribution in [-0.2, 0) is 5.54 Å². The van der Waals surface area contributed by atoms with E-state index in [0.29, 0.717) is 5.17 Å². The summed E-state index contributed by atoms with van der Waals surface area (Å²) in [7, 11) is 0. The van der Waals surface area contributed by atoms with Gasteiger partial charge in [0.2, 0.25) is 0 Å². The highest BCUT2D eigenvalue weighted by Gasteiger charge is 2.31. The van der Waals surface area contributed by atoms with Crippen molar-refractivity contribution in [3.63, 3.8) is 0 Å². The maximum absolute atomic E-state index is 7.78. The number of thioether (sulfide) groups is 1. The summed E-state index contributed by atoms with van der Waals surface area (Å²) in [5, 5.41) is 11.4. The van der Waals surface area contributed by atoms with E-state index in [1.807, 2.05) is 19.1 Å². The molecule has 0 spiro atoms. The number of amidine groups is 1. The molecule has 1 aliphatic rings. The maximum Gasteiger partial charge on any atom is 0.158 e. The van der Waals surface area contributed by atoms with E-state index < -0.39 is 0 Å². The molecule has 1 aromatic carbocycles. The molecular weight excluding hydrogens is 242 g/mol. The molecule has 2 rings (SSSR count). The lowest BCUT2D eigenvalue weighted by Crippen LogP contribution is -2.33. The van der Waals surface area contributed by atoms with Gasteiger partial charge < -0.3 is 11.1 Å². The van der Waals surface area contributed by atoms with Crippen LogP contribution in [-0.4, -0.2) is 10.9 Å². The molecule has 3 nitrogen and oxygen atoms in total. The van der Waals surface area contributed by atoms with Crippen LogP contribution in [0.2, 0.25) is 0 Å². The highest BCUT2D eigenvalue weighted by molar-refractivity contribution is 8.14. The monoisotopic (exact) mass is 263 g/mol. The van der Waals surface area contributed by atoms with Gasteiger partial charge in [-0.25, -0.2) is 0 Å². The molecule has 0 unspecified atom stereocenters. The SMILES string of the molecule is CCSC(=N)Nc1cccc(C2(N)CCCC2)c1. The van der Waals surface area contributed by atoms with Crippen molar-refractivity contribution in [2.75, 3.05) is 11.1 Å². The topological polar surface area (TPSA) is 61.9 Å². The van der Waals surface area contributed by atoms with Crippen molar-refractivity contribution in [1.29, 1.82) is 5.41 Å². The highest BCUT2D eigenvalue weighted by Crippen LogP contribution is 2.37. The van der Waals surface area contributed by atoms with E-state index in [0.717, 1.165) is 24.3 Å². The van der Waals surface area contributed by atoms with Gasteiger partial charge in [0.15, 0.2) is 5.17 Å². The second kappa shape index (κ2) is 5.76. The van der Waals surface area contributed by atoms with E-state index >= 15 is 0 Å². The van der Waals surface area contributed by atoms with Crippen LogP contribution < -0.4 is 11.1 Å². The molecule has 0 atom stereocenters. The minimum atomic E-state index is -0.155. The van der Waals surface area contributed by atoms with Crippen LogP contribution in [0.15, 0.2) is 24.3 Å². The van der Waals surface area contributed by atoms with Crippen LogP contribution in [0.5, 0.6) is 0 Å². The Morgan fingerprint density at radius 2 is 2.17 bits per heavy atom. The summed E-state index contributed by atoms with van der Waals surface area (Å²) in [4.78, 5) is 0. The number of benzene rings is 1. The van der Waals surface area contributed by atoms with Crippen molar-refractivity contribution in [2.45, 2.75) is 38.1 Å². The summed E-state index contributed by atoms with van der Waals surface area (Å²) in [5.74, 6) is 0.909. The second-order valence-corrected chi connectivity index (χ2v) is 6.11. The van der Waals surface area contributed by atoms with Gasteiger partial charge in [0.05, 0.1) is 0 Å². The van der Waals surface area contributed by atoms with Gasteiger partial charge >= 0.3 is 0 Å². The third-order valence-electron chi connectivity index (χ3n) is 3.48. The van der Waals surface area contributed by atoms with Crippen LogP contribution in [0.1, 0.15) is 38.2 Å². The van der Waals surface area contributed by atoms with Crippen LogP contribution in [0, 0.1) is 5.41 Å². The van der Waals surface area contributed by atoms with E-state index in [1.165, 1.54) is 30.2 Å². The Balaban J connectivity index is 2.12. The molecule has 4 heteroatoms. The molecule has 1 aliphatic carbocycles. The average Bonchev–Trinajstić information content (AvgIpc) is 2.78. The van der Waals surface area contributed by atoms with E-state index in [9.17, 15) is 0 Å². The van der Waals surface area contributed by atoms with Gasteiger partial charge in [-0.3, -0.25) is 5.41 Å². The number of anilines is 1. The zero-order chi connectivity index (χ0) is 13.0. The van der Waals surface area contributed by atoms with Crippen molar-refractivity contribution < 1.29 is 0 Å².